The first-order valence-electron chi connectivity index (χ1n) is 7.58. The van der Waals surface area contributed by atoms with Gasteiger partial charge in [-0.2, -0.15) is 0 Å². The number of benzene rings is 2. The van der Waals surface area contributed by atoms with E-state index in [0.29, 0.717) is 50.6 Å². The lowest BCUT2D eigenvalue weighted by atomic mass is 10.1. The first-order valence-corrected chi connectivity index (χ1v) is 8.34. The maximum atomic E-state index is 11.9. The Morgan fingerprint density at radius 1 is 1.21 bits per heavy atom. The molecule has 1 amide bonds. The number of aromatic nitrogens is 1. The molecular weight excluding hydrogens is 347 g/mol. The van der Waals surface area contributed by atoms with Gasteiger partial charge in [0.15, 0.2) is 5.58 Å². The van der Waals surface area contributed by atoms with Crippen molar-refractivity contribution in [2.45, 2.75) is 20.3 Å². The van der Waals surface area contributed by atoms with Crippen molar-refractivity contribution in [1.29, 1.82) is 0 Å². The summed E-state index contributed by atoms with van der Waals surface area (Å²) in [6.07, 6.45) is 0.458. The molecule has 124 valence electrons. The topological polar surface area (TPSA) is 55.1 Å². The quantitative estimate of drug-likeness (QED) is 0.639. The Morgan fingerprint density at radius 2 is 2.00 bits per heavy atom. The normalized spacial score (nSPS) is 11.2. The van der Waals surface area contributed by atoms with E-state index in [0.717, 1.165) is 0 Å². The summed E-state index contributed by atoms with van der Waals surface area (Å²) < 4.78 is 5.75. The highest BCUT2D eigenvalue weighted by atomic mass is 35.5. The third kappa shape index (κ3) is 3.71. The molecule has 6 heteroatoms. The Hall–Kier alpha value is -2.04. The van der Waals surface area contributed by atoms with Crippen LogP contribution >= 0.6 is 23.2 Å². The van der Waals surface area contributed by atoms with Crippen LogP contribution in [0.15, 0.2) is 40.8 Å². The predicted molar refractivity (Wildman–Crippen MR) is 97.5 cm³/mol. The highest BCUT2D eigenvalue weighted by molar-refractivity contribution is 6.33. The van der Waals surface area contributed by atoms with Crippen LogP contribution in [0.5, 0.6) is 0 Å². The van der Waals surface area contributed by atoms with Gasteiger partial charge in [0.05, 0.1) is 10.6 Å². The molecule has 0 bridgehead atoms. The fraction of sp³-hybridized carbons (Fsp3) is 0.222. The number of oxazole rings is 1. The standard InChI is InChI=1S/C18H16Cl2N2O2/c1-10(2)7-17(23)21-12-4-5-14(20)13(9-12)18-22-15-8-11(19)3-6-16(15)24-18/h3-6,8-10H,7H2,1-2H3,(H,21,23). The molecule has 1 N–H and O–H groups in total. The molecule has 0 unspecified atom stereocenters. The third-order valence-corrected chi connectivity index (χ3v) is 3.99. The van der Waals surface area contributed by atoms with Crippen LogP contribution in [0.1, 0.15) is 20.3 Å². The minimum absolute atomic E-state index is 0.0392. The lowest BCUT2D eigenvalue weighted by Gasteiger charge is -2.09. The van der Waals surface area contributed by atoms with E-state index in [9.17, 15) is 4.79 Å². The summed E-state index contributed by atoms with van der Waals surface area (Å²) in [5.74, 6) is 0.637. The number of rotatable bonds is 4. The van der Waals surface area contributed by atoms with Crippen molar-refractivity contribution in [3.8, 4) is 11.5 Å². The molecule has 2 aromatic carbocycles. The molecule has 1 heterocycles. The first-order chi connectivity index (χ1) is 11.4. The zero-order valence-electron chi connectivity index (χ0n) is 13.3. The SMILES string of the molecule is CC(C)CC(=O)Nc1ccc(Cl)c(-c2nc3cc(Cl)ccc3o2)c1. The van der Waals surface area contributed by atoms with Gasteiger partial charge in [-0.15, -0.1) is 0 Å². The second-order valence-electron chi connectivity index (χ2n) is 5.97. The average Bonchev–Trinajstić information content (AvgIpc) is 2.91. The van der Waals surface area contributed by atoms with Crippen molar-refractivity contribution in [2.24, 2.45) is 5.92 Å². The fourth-order valence-corrected chi connectivity index (χ4v) is 2.73. The van der Waals surface area contributed by atoms with Crippen LogP contribution in [-0.2, 0) is 4.79 Å². The van der Waals surface area contributed by atoms with E-state index in [4.69, 9.17) is 27.6 Å². The van der Waals surface area contributed by atoms with Crippen molar-refractivity contribution in [2.75, 3.05) is 5.32 Å². The van der Waals surface area contributed by atoms with E-state index < -0.39 is 0 Å². The Balaban J connectivity index is 1.94. The second-order valence-corrected chi connectivity index (χ2v) is 6.82. The molecule has 4 nitrogen and oxygen atoms in total. The number of carbonyl (C=O) groups is 1. The smallest absolute Gasteiger partial charge is 0.228 e. The summed E-state index contributed by atoms with van der Waals surface area (Å²) in [4.78, 5) is 16.4. The predicted octanol–water partition coefficient (Wildman–Crippen LogP) is 5.79. The molecule has 0 spiro atoms. The van der Waals surface area contributed by atoms with Crippen LogP contribution < -0.4 is 5.32 Å². The molecule has 0 aliphatic rings. The van der Waals surface area contributed by atoms with E-state index in [-0.39, 0.29) is 5.91 Å². The summed E-state index contributed by atoms with van der Waals surface area (Å²) in [5.41, 5.74) is 2.55. The molecule has 0 radical (unpaired) electrons. The van der Waals surface area contributed by atoms with E-state index >= 15 is 0 Å². The van der Waals surface area contributed by atoms with E-state index in [2.05, 4.69) is 10.3 Å². The van der Waals surface area contributed by atoms with Gasteiger partial charge in [-0.05, 0) is 42.3 Å². The highest BCUT2D eigenvalue weighted by Gasteiger charge is 2.14. The van der Waals surface area contributed by atoms with Crippen LogP contribution in [0.4, 0.5) is 5.69 Å². The van der Waals surface area contributed by atoms with Crippen molar-refractivity contribution in [3.05, 3.63) is 46.4 Å². The number of nitrogens with one attached hydrogen (secondary N) is 1. The van der Waals surface area contributed by atoms with Crippen LogP contribution in [0.2, 0.25) is 10.0 Å². The van der Waals surface area contributed by atoms with Gasteiger partial charge in [-0.3, -0.25) is 4.79 Å². The van der Waals surface area contributed by atoms with Gasteiger partial charge in [0.2, 0.25) is 11.8 Å². The van der Waals surface area contributed by atoms with Crippen molar-refractivity contribution in [1.82, 2.24) is 4.98 Å². The maximum Gasteiger partial charge on any atom is 0.228 e. The van der Waals surface area contributed by atoms with Crippen LogP contribution in [0, 0.1) is 5.92 Å². The molecule has 1 aromatic heterocycles. The van der Waals surface area contributed by atoms with Gasteiger partial charge < -0.3 is 9.73 Å². The Bertz CT molecular complexity index is 903. The Kier molecular flexibility index (Phi) is 4.78. The van der Waals surface area contributed by atoms with Gasteiger partial charge in [-0.25, -0.2) is 4.98 Å². The van der Waals surface area contributed by atoms with E-state index in [1.54, 1.807) is 36.4 Å². The minimum Gasteiger partial charge on any atom is -0.436 e. The van der Waals surface area contributed by atoms with Gasteiger partial charge in [0.25, 0.3) is 0 Å². The Morgan fingerprint density at radius 3 is 2.75 bits per heavy atom. The Labute approximate surface area is 149 Å². The molecular formula is C18H16Cl2N2O2. The third-order valence-electron chi connectivity index (χ3n) is 3.42. The van der Waals surface area contributed by atoms with Crippen molar-refractivity contribution >= 4 is 45.9 Å². The zero-order chi connectivity index (χ0) is 17.3. The van der Waals surface area contributed by atoms with Crippen molar-refractivity contribution < 1.29 is 9.21 Å². The van der Waals surface area contributed by atoms with Crippen LogP contribution in [0.25, 0.3) is 22.6 Å². The van der Waals surface area contributed by atoms with Crippen molar-refractivity contribution in [3.63, 3.8) is 0 Å². The summed E-state index contributed by atoms with van der Waals surface area (Å²) in [5, 5.41) is 3.95. The summed E-state index contributed by atoms with van der Waals surface area (Å²) in [6.45, 7) is 3.99. The number of hydrogen-bond acceptors (Lipinski definition) is 3. The minimum atomic E-state index is -0.0392. The number of amides is 1. The number of carbonyl (C=O) groups excluding carboxylic acids is 1. The number of nitrogens with zero attached hydrogens (tertiary/aromatic N) is 1. The fourth-order valence-electron chi connectivity index (χ4n) is 2.37. The monoisotopic (exact) mass is 362 g/mol. The maximum absolute atomic E-state index is 11.9. The summed E-state index contributed by atoms with van der Waals surface area (Å²) in [7, 11) is 0. The number of hydrogen-bond donors (Lipinski definition) is 1. The lowest BCUT2D eigenvalue weighted by molar-refractivity contribution is -0.116. The van der Waals surface area contributed by atoms with Crippen LogP contribution in [0.3, 0.4) is 0 Å². The molecule has 0 aliphatic heterocycles. The molecule has 0 saturated heterocycles. The van der Waals surface area contributed by atoms with Gasteiger partial charge in [0, 0.05) is 17.1 Å². The molecule has 0 fully saturated rings. The lowest BCUT2D eigenvalue weighted by Crippen LogP contribution is -2.13. The largest absolute Gasteiger partial charge is 0.436 e. The summed E-state index contributed by atoms with van der Waals surface area (Å²) >= 11 is 12.2. The molecule has 0 atom stereocenters. The molecule has 0 saturated carbocycles. The van der Waals surface area contributed by atoms with E-state index in [1.807, 2.05) is 13.8 Å². The zero-order valence-corrected chi connectivity index (χ0v) is 14.8. The molecule has 0 aliphatic carbocycles. The van der Waals surface area contributed by atoms with E-state index in [1.165, 1.54) is 0 Å². The molecule has 3 aromatic rings. The molecule has 3 rings (SSSR count). The number of anilines is 1. The second kappa shape index (κ2) is 6.83. The molecule has 24 heavy (non-hydrogen) atoms. The highest BCUT2D eigenvalue weighted by Crippen LogP contribution is 2.33. The first kappa shape index (κ1) is 16.8. The van der Waals surface area contributed by atoms with Gasteiger partial charge in [0.1, 0.15) is 5.52 Å². The number of fused-ring (bicyclic) bond motifs is 1. The summed E-state index contributed by atoms with van der Waals surface area (Å²) in [6, 6.07) is 10.4. The van der Waals surface area contributed by atoms with Gasteiger partial charge >= 0.3 is 0 Å². The van der Waals surface area contributed by atoms with Crippen LogP contribution in [-0.4, -0.2) is 10.9 Å². The average molecular weight is 363 g/mol. The number of halogens is 2. The van der Waals surface area contributed by atoms with Gasteiger partial charge in [-0.1, -0.05) is 37.0 Å².